The number of esters is 1. The van der Waals surface area contributed by atoms with Gasteiger partial charge in [0.05, 0.1) is 13.2 Å². The molecule has 0 bridgehead atoms. The minimum absolute atomic E-state index is 0.00470. The molecule has 7 nitrogen and oxygen atoms in total. The van der Waals surface area contributed by atoms with Gasteiger partial charge in [-0.05, 0) is 37.0 Å². The fourth-order valence-electron chi connectivity index (χ4n) is 2.83. The van der Waals surface area contributed by atoms with Crippen molar-refractivity contribution in [1.82, 2.24) is 10.2 Å². The predicted octanol–water partition coefficient (Wildman–Crippen LogP) is 1.89. The summed E-state index contributed by atoms with van der Waals surface area (Å²) < 4.78 is 10.5. The molecule has 0 spiro atoms. The molecule has 1 aromatic rings. The van der Waals surface area contributed by atoms with Crippen molar-refractivity contribution < 1.29 is 23.9 Å². The number of nitrogens with zero attached hydrogens (tertiary/aromatic N) is 1. The number of nitrogens with one attached hydrogen (secondary N) is 1. The van der Waals surface area contributed by atoms with Crippen LogP contribution >= 0.6 is 0 Å². The molecule has 1 heterocycles. The number of rotatable bonds is 5. The van der Waals surface area contributed by atoms with Crippen molar-refractivity contribution in [3.05, 3.63) is 35.4 Å². The molecular formula is C21H30N2O5. The molecule has 1 saturated heterocycles. The monoisotopic (exact) mass is 390 g/mol. The van der Waals surface area contributed by atoms with Crippen molar-refractivity contribution in [1.29, 1.82) is 0 Å². The van der Waals surface area contributed by atoms with Gasteiger partial charge in [-0.1, -0.05) is 32.9 Å². The normalized spacial score (nSPS) is 16.8. The van der Waals surface area contributed by atoms with Crippen LogP contribution in [0, 0.1) is 0 Å². The Kier molecular flexibility index (Phi) is 7.18. The summed E-state index contributed by atoms with van der Waals surface area (Å²) in [4.78, 5) is 38.6. The van der Waals surface area contributed by atoms with Gasteiger partial charge in [0.25, 0.3) is 11.8 Å². The Morgan fingerprint density at radius 1 is 1.07 bits per heavy atom. The number of morpholine rings is 1. The predicted molar refractivity (Wildman–Crippen MR) is 105 cm³/mol. The van der Waals surface area contributed by atoms with Gasteiger partial charge in [0.1, 0.15) is 6.04 Å². The minimum atomic E-state index is -0.906. The third-order valence-electron chi connectivity index (χ3n) is 4.68. The largest absolute Gasteiger partial charge is 0.451 e. The summed E-state index contributed by atoms with van der Waals surface area (Å²) in [5, 5.41) is 2.62. The second kappa shape index (κ2) is 9.19. The van der Waals surface area contributed by atoms with Gasteiger partial charge in [-0.15, -0.1) is 0 Å². The second-order valence-electron chi connectivity index (χ2n) is 8.04. The molecule has 1 fully saturated rings. The van der Waals surface area contributed by atoms with Crippen LogP contribution in [-0.2, 0) is 24.5 Å². The molecule has 1 N–H and O–H groups in total. The van der Waals surface area contributed by atoms with Gasteiger partial charge < -0.3 is 19.7 Å². The second-order valence-corrected chi connectivity index (χ2v) is 8.04. The van der Waals surface area contributed by atoms with Crippen LogP contribution in [0.4, 0.5) is 0 Å². The zero-order valence-corrected chi connectivity index (χ0v) is 17.3. The van der Waals surface area contributed by atoms with E-state index in [-0.39, 0.29) is 17.2 Å². The number of carbonyl (C=O) groups excluding carboxylic acids is 3. The Balaban J connectivity index is 1.88. The van der Waals surface area contributed by atoms with E-state index in [2.05, 4.69) is 26.1 Å². The number of benzene rings is 1. The summed E-state index contributed by atoms with van der Waals surface area (Å²) in [7, 11) is 0. The fourth-order valence-corrected chi connectivity index (χ4v) is 2.83. The first kappa shape index (κ1) is 21.9. The van der Waals surface area contributed by atoms with Crippen LogP contribution in [0.2, 0.25) is 0 Å². The summed E-state index contributed by atoms with van der Waals surface area (Å²) in [5.74, 6) is -1.27. The van der Waals surface area contributed by atoms with E-state index in [1.54, 1.807) is 17.0 Å². The molecule has 0 aliphatic carbocycles. The van der Waals surface area contributed by atoms with Crippen LogP contribution in [0.1, 0.15) is 50.5 Å². The van der Waals surface area contributed by atoms with Crippen molar-refractivity contribution in [3.63, 3.8) is 0 Å². The molecule has 2 amide bonds. The van der Waals surface area contributed by atoms with Crippen LogP contribution in [0.3, 0.4) is 0 Å². The Labute approximate surface area is 166 Å². The maximum absolute atomic E-state index is 12.4. The van der Waals surface area contributed by atoms with E-state index in [0.717, 1.165) is 5.56 Å². The summed E-state index contributed by atoms with van der Waals surface area (Å²) >= 11 is 0. The van der Waals surface area contributed by atoms with E-state index in [0.29, 0.717) is 31.9 Å². The third-order valence-corrected chi connectivity index (χ3v) is 4.68. The van der Waals surface area contributed by atoms with E-state index < -0.39 is 18.1 Å². The molecule has 28 heavy (non-hydrogen) atoms. The highest BCUT2D eigenvalue weighted by Crippen LogP contribution is 2.22. The topological polar surface area (TPSA) is 84.9 Å². The molecule has 2 rings (SSSR count). The zero-order chi connectivity index (χ0) is 20.9. The van der Waals surface area contributed by atoms with Crippen molar-refractivity contribution >= 4 is 17.8 Å². The molecule has 2 atom stereocenters. The van der Waals surface area contributed by atoms with Crippen molar-refractivity contribution in [3.8, 4) is 0 Å². The lowest BCUT2D eigenvalue weighted by Gasteiger charge is -2.29. The highest BCUT2D eigenvalue weighted by Gasteiger charge is 2.27. The van der Waals surface area contributed by atoms with E-state index in [1.807, 2.05) is 12.1 Å². The lowest BCUT2D eigenvalue weighted by Crippen LogP contribution is -2.47. The van der Waals surface area contributed by atoms with E-state index >= 15 is 0 Å². The van der Waals surface area contributed by atoms with Gasteiger partial charge in [0.2, 0.25) is 0 Å². The van der Waals surface area contributed by atoms with Crippen LogP contribution < -0.4 is 5.32 Å². The number of hydrogen-bond acceptors (Lipinski definition) is 5. The number of hydrogen-bond donors (Lipinski definition) is 1. The van der Waals surface area contributed by atoms with Crippen LogP contribution in [0.5, 0.6) is 0 Å². The molecule has 0 unspecified atom stereocenters. The number of carbonyl (C=O) groups is 3. The maximum atomic E-state index is 12.4. The number of amides is 2. The van der Waals surface area contributed by atoms with Gasteiger partial charge in [0, 0.05) is 18.7 Å². The molecule has 1 aromatic carbocycles. The Hall–Kier alpha value is -2.41. The summed E-state index contributed by atoms with van der Waals surface area (Å²) in [5.41, 5.74) is 1.58. The summed E-state index contributed by atoms with van der Waals surface area (Å²) in [6, 6.07) is 6.41. The quantitative estimate of drug-likeness (QED) is 0.776. The summed E-state index contributed by atoms with van der Waals surface area (Å²) in [6.07, 6.45) is -0.906. The van der Waals surface area contributed by atoms with Gasteiger partial charge in [-0.25, -0.2) is 4.79 Å². The molecule has 0 saturated carbocycles. The van der Waals surface area contributed by atoms with Crippen LogP contribution in [0.25, 0.3) is 0 Å². The molecule has 0 aromatic heterocycles. The van der Waals surface area contributed by atoms with Crippen LogP contribution in [-0.4, -0.2) is 61.1 Å². The van der Waals surface area contributed by atoms with Gasteiger partial charge in [0.15, 0.2) is 6.10 Å². The third kappa shape index (κ3) is 5.79. The fraction of sp³-hybridized carbons (Fsp3) is 0.571. The molecule has 1 aliphatic rings. The lowest BCUT2D eigenvalue weighted by molar-refractivity contribution is -0.162. The van der Waals surface area contributed by atoms with E-state index in [4.69, 9.17) is 9.47 Å². The Morgan fingerprint density at radius 3 is 2.18 bits per heavy atom. The first-order valence-corrected chi connectivity index (χ1v) is 9.58. The van der Waals surface area contributed by atoms with Crippen molar-refractivity contribution in [2.75, 3.05) is 26.3 Å². The standard InChI is InChI=1S/C21H30N2O5/c1-14(20(26)28-15(2)19(25)23-10-12-27-13-11-23)22-18(24)16-6-8-17(9-7-16)21(3,4)5/h6-9,14-15H,10-13H2,1-5H3,(H,22,24)/t14-,15-/m1/s1. The highest BCUT2D eigenvalue weighted by molar-refractivity contribution is 5.97. The minimum Gasteiger partial charge on any atom is -0.451 e. The average Bonchev–Trinajstić information content (AvgIpc) is 2.67. The Bertz CT molecular complexity index is 703. The van der Waals surface area contributed by atoms with Gasteiger partial charge >= 0.3 is 5.97 Å². The molecule has 154 valence electrons. The van der Waals surface area contributed by atoms with Crippen LogP contribution in [0.15, 0.2) is 24.3 Å². The van der Waals surface area contributed by atoms with Crippen molar-refractivity contribution in [2.45, 2.75) is 52.2 Å². The first-order valence-electron chi connectivity index (χ1n) is 9.58. The number of ether oxygens (including phenoxy) is 2. The smallest absolute Gasteiger partial charge is 0.329 e. The summed E-state index contributed by atoms with van der Waals surface area (Å²) in [6.45, 7) is 11.3. The van der Waals surface area contributed by atoms with Gasteiger partial charge in [-0.2, -0.15) is 0 Å². The lowest BCUT2D eigenvalue weighted by atomic mass is 9.86. The maximum Gasteiger partial charge on any atom is 0.329 e. The van der Waals surface area contributed by atoms with Crippen molar-refractivity contribution in [2.24, 2.45) is 0 Å². The molecule has 1 aliphatic heterocycles. The Morgan fingerprint density at radius 2 is 1.64 bits per heavy atom. The van der Waals surface area contributed by atoms with Gasteiger partial charge in [-0.3, -0.25) is 9.59 Å². The molecule has 0 radical (unpaired) electrons. The highest BCUT2D eigenvalue weighted by atomic mass is 16.5. The zero-order valence-electron chi connectivity index (χ0n) is 17.3. The molecular weight excluding hydrogens is 360 g/mol. The van der Waals surface area contributed by atoms with E-state index in [9.17, 15) is 14.4 Å². The SMILES string of the molecule is C[C@@H](NC(=O)c1ccc(C(C)(C)C)cc1)C(=O)O[C@H](C)C(=O)N1CCOCC1. The van der Waals surface area contributed by atoms with E-state index in [1.165, 1.54) is 13.8 Å². The average molecular weight is 390 g/mol. The molecule has 7 heteroatoms. The first-order chi connectivity index (χ1) is 13.1.